The molecule has 1 aromatic rings. The summed E-state index contributed by atoms with van der Waals surface area (Å²) in [5, 5.41) is -0.525. The van der Waals surface area contributed by atoms with Crippen molar-refractivity contribution in [2.45, 2.75) is 6.92 Å². The summed E-state index contributed by atoms with van der Waals surface area (Å²) < 4.78 is 0. The molecule has 0 saturated heterocycles. The lowest BCUT2D eigenvalue weighted by molar-refractivity contribution is 0.0982. The molecule has 0 bridgehead atoms. The fraction of sp³-hybridized carbons (Fsp3) is 0.125. The van der Waals surface area contributed by atoms with Gasteiger partial charge >= 0.3 is 0 Å². The molecule has 4 nitrogen and oxygen atoms in total. The maximum Gasteiger partial charge on any atom is 0.226 e. The molecule has 1 aromatic heterocycles. The molecule has 0 aliphatic heterocycles. The van der Waals surface area contributed by atoms with Crippen molar-refractivity contribution in [1.29, 1.82) is 0 Å². The third kappa shape index (κ3) is 1.11. The second-order valence-corrected chi connectivity index (χ2v) is 3.59. The molecule has 6 heteroatoms. The second kappa shape index (κ2) is 2.93. The molecule has 1 aliphatic carbocycles. The molecule has 0 radical (unpaired) electrons. The number of Topliss-reactive ketones (excluding diaryl/α,β-unsaturated/α-hetero) is 2. The van der Waals surface area contributed by atoms with E-state index in [0.29, 0.717) is 5.82 Å². The van der Waals surface area contributed by atoms with Gasteiger partial charge in [0.05, 0.1) is 0 Å². The van der Waals surface area contributed by atoms with E-state index in [0.717, 1.165) is 0 Å². The van der Waals surface area contributed by atoms with Crippen LogP contribution in [-0.4, -0.2) is 21.5 Å². The number of halogens is 2. The average Bonchev–Trinajstić information content (AvgIpc) is 2.54. The summed E-state index contributed by atoms with van der Waals surface area (Å²) in [6, 6.07) is 0. The van der Waals surface area contributed by atoms with Gasteiger partial charge in [0.2, 0.25) is 11.6 Å². The average molecular weight is 231 g/mol. The lowest BCUT2D eigenvalue weighted by Crippen LogP contribution is -2.17. The first kappa shape index (κ1) is 9.43. The van der Waals surface area contributed by atoms with E-state index in [2.05, 4.69) is 9.97 Å². The first-order chi connectivity index (χ1) is 6.52. The van der Waals surface area contributed by atoms with Gasteiger partial charge in [-0.05, 0) is 6.92 Å². The van der Waals surface area contributed by atoms with Crippen LogP contribution in [0.2, 0.25) is 0 Å². The minimum atomic E-state index is -0.518. The van der Waals surface area contributed by atoms with Gasteiger partial charge in [0.15, 0.2) is 0 Å². The van der Waals surface area contributed by atoms with Gasteiger partial charge in [-0.1, -0.05) is 23.2 Å². The van der Waals surface area contributed by atoms with Crippen molar-refractivity contribution in [2.75, 3.05) is 0 Å². The predicted molar refractivity (Wildman–Crippen MR) is 50.7 cm³/mol. The Labute approximate surface area is 88.9 Å². The zero-order valence-electron chi connectivity index (χ0n) is 7.02. The van der Waals surface area contributed by atoms with Crippen LogP contribution in [-0.2, 0) is 0 Å². The number of imidazole rings is 1. The van der Waals surface area contributed by atoms with Crippen LogP contribution in [0.15, 0.2) is 10.1 Å². The second-order valence-electron chi connectivity index (χ2n) is 2.83. The molecule has 14 heavy (non-hydrogen) atoms. The van der Waals surface area contributed by atoms with Crippen LogP contribution in [0.3, 0.4) is 0 Å². The molecule has 1 N–H and O–H groups in total. The van der Waals surface area contributed by atoms with Crippen molar-refractivity contribution < 1.29 is 9.59 Å². The van der Waals surface area contributed by atoms with Crippen LogP contribution < -0.4 is 0 Å². The standard InChI is InChI=1S/C8H4Cl2N2O2/c1-2-11-5-6(12-2)8(14)4(10)3(9)7(5)13/h1H3,(H,11,12). The molecule has 2 rings (SSSR count). The Hall–Kier alpha value is -1.13. The van der Waals surface area contributed by atoms with Gasteiger partial charge in [0, 0.05) is 0 Å². The van der Waals surface area contributed by atoms with Crippen molar-refractivity contribution in [3.05, 3.63) is 27.3 Å². The van der Waals surface area contributed by atoms with E-state index in [1.807, 2.05) is 0 Å². The summed E-state index contributed by atoms with van der Waals surface area (Å²) >= 11 is 11.2. The molecule has 0 amide bonds. The number of nitrogens with zero attached hydrogens (tertiary/aromatic N) is 1. The maximum atomic E-state index is 11.5. The van der Waals surface area contributed by atoms with Crippen molar-refractivity contribution in [3.8, 4) is 0 Å². The van der Waals surface area contributed by atoms with Gasteiger partial charge in [0.25, 0.3) is 0 Å². The summed E-state index contributed by atoms with van der Waals surface area (Å²) in [6.07, 6.45) is 0. The number of nitrogens with one attached hydrogen (secondary N) is 1. The van der Waals surface area contributed by atoms with E-state index < -0.39 is 11.6 Å². The van der Waals surface area contributed by atoms with Crippen LogP contribution in [0.1, 0.15) is 26.8 Å². The molecule has 0 saturated carbocycles. The lowest BCUT2D eigenvalue weighted by atomic mass is 10.1. The molecule has 0 atom stereocenters. The molecule has 1 heterocycles. The number of aryl methyl sites for hydroxylation is 1. The number of fused-ring (bicyclic) bond motifs is 1. The molecular formula is C8H4Cl2N2O2. The first-order valence-corrected chi connectivity index (χ1v) is 4.49. The van der Waals surface area contributed by atoms with Crippen molar-refractivity contribution in [3.63, 3.8) is 0 Å². The van der Waals surface area contributed by atoms with E-state index >= 15 is 0 Å². The third-order valence-electron chi connectivity index (χ3n) is 1.86. The smallest absolute Gasteiger partial charge is 0.226 e. The first-order valence-electron chi connectivity index (χ1n) is 3.73. The summed E-state index contributed by atoms with van der Waals surface area (Å²) in [5.41, 5.74) is 0.156. The molecule has 0 fully saturated rings. The van der Waals surface area contributed by atoms with Gasteiger partial charge in [0.1, 0.15) is 27.3 Å². The van der Waals surface area contributed by atoms with Crippen LogP contribution in [0.4, 0.5) is 0 Å². The Bertz CT molecular complexity index is 446. The fourth-order valence-corrected chi connectivity index (χ4v) is 1.59. The van der Waals surface area contributed by atoms with Crippen molar-refractivity contribution >= 4 is 34.8 Å². The van der Waals surface area contributed by atoms with E-state index in [-0.39, 0.29) is 21.5 Å². The van der Waals surface area contributed by atoms with Gasteiger partial charge in [-0.15, -0.1) is 0 Å². The monoisotopic (exact) mass is 230 g/mol. The van der Waals surface area contributed by atoms with Crippen LogP contribution >= 0.6 is 23.2 Å². The van der Waals surface area contributed by atoms with Crippen molar-refractivity contribution in [2.24, 2.45) is 0 Å². The van der Waals surface area contributed by atoms with E-state index in [4.69, 9.17) is 23.2 Å². The largest absolute Gasteiger partial charge is 0.339 e. The van der Waals surface area contributed by atoms with E-state index in [1.54, 1.807) is 6.92 Å². The number of hydrogen-bond acceptors (Lipinski definition) is 3. The number of allylic oxidation sites excluding steroid dienone is 2. The molecule has 0 unspecified atom stereocenters. The SMILES string of the molecule is Cc1nc2c([nH]1)C(=O)C(Cl)=C(Cl)C2=O. The summed E-state index contributed by atoms with van der Waals surface area (Å²) in [6.45, 7) is 1.64. The highest BCUT2D eigenvalue weighted by molar-refractivity contribution is 6.59. The quantitative estimate of drug-likeness (QED) is 0.740. The highest BCUT2D eigenvalue weighted by atomic mass is 35.5. The van der Waals surface area contributed by atoms with Gasteiger partial charge < -0.3 is 4.98 Å². The zero-order valence-corrected chi connectivity index (χ0v) is 8.53. The molecular weight excluding hydrogens is 227 g/mol. The number of ketones is 2. The Morgan fingerprint density at radius 3 is 2.36 bits per heavy atom. The minimum absolute atomic E-state index is 0.0434. The normalized spacial score (nSPS) is 16.2. The van der Waals surface area contributed by atoms with Gasteiger partial charge in [-0.3, -0.25) is 9.59 Å². The Balaban J connectivity index is 2.71. The number of rotatable bonds is 0. The summed E-state index contributed by atoms with van der Waals surface area (Å²) in [7, 11) is 0. The number of hydrogen-bond donors (Lipinski definition) is 1. The van der Waals surface area contributed by atoms with Gasteiger partial charge in [-0.25, -0.2) is 4.98 Å². The summed E-state index contributed by atoms with van der Waals surface area (Å²) in [5.74, 6) is -0.532. The van der Waals surface area contributed by atoms with E-state index in [1.165, 1.54) is 0 Å². The van der Waals surface area contributed by atoms with Crippen LogP contribution in [0.5, 0.6) is 0 Å². The number of H-pyrrole nitrogens is 1. The summed E-state index contributed by atoms with van der Waals surface area (Å²) in [4.78, 5) is 29.5. The van der Waals surface area contributed by atoms with Crippen LogP contribution in [0.25, 0.3) is 0 Å². The number of carbonyl (C=O) groups is 2. The molecule has 1 aliphatic rings. The number of aromatic nitrogens is 2. The highest BCUT2D eigenvalue weighted by Gasteiger charge is 2.33. The lowest BCUT2D eigenvalue weighted by Gasteiger charge is -2.07. The van der Waals surface area contributed by atoms with Crippen LogP contribution in [0, 0.1) is 6.92 Å². The Morgan fingerprint density at radius 1 is 1.14 bits per heavy atom. The Kier molecular flexibility index (Phi) is 1.97. The van der Waals surface area contributed by atoms with Crippen molar-refractivity contribution in [1.82, 2.24) is 9.97 Å². The third-order valence-corrected chi connectivity index (χ3v) is 2.67. The Morgan fingerprint density at radius 2 is 1.71 bits per heavy atom. The number of carbonyl (C=O) groups excluding carboxylic acids is 2. The van der Waals surface area contributed by atoms with Gasteiger partial charge in [-0.2, -0.15) is 0 Å². The molecule has 0 spiro atoms. The molecule has 0 aromatic carbocycles. The number of aromatic amines is 1. The predicted octanol–water partition coefficient (Wildman–Crippen LogP) is 1.79. The molecule has 72 valence electrons. The topological polar surface area (TPSA) is 62.8 Å². The van der Waals surface area contributed by atoms with E-state index in [9.17, 15) is 9.59 Å². The fourth-order valence-electron chi connectivity index (χ4n) is 1.23. The zero-order chi connectivity index (χ0) is 10.5. The minimum Gasteiger partial charge on any atom is -0.339 e. The maximum absolute atomic E-state index is 11.5. The highest BCUT2D eigenvalue weighted by Crippen LogP contribution is 2.28.